The summed E-state index contributed by atoms with van der Waals surface area (Å²) in [7, 11) is 0. The van der Waals surface area contributed by atoms with Gasteiger partial charge in [0.05, 0.1) is 17.7 Å². The molecule has 1 amide bonds. The van der Waals surface area contributed by atoms with Crippen LogP contribution < -0.4 is 14.4 Å². The Morgan fingerprint density at radius 2 is 1.72 bits per heavy atom. The van der Waals surface area contributed by atoms with E-state index in [1.807, 2.05) is 24.3 Å². The Kier molecular flexibility index (Phi) is 6.87. The number of carbonyl (C=O) groups excluding carboxylic acids is 2. The van der Waals surface area contributed by atoms with Gasteiger partial charge in [-0.25, -0.2) is 0 Å². The van der Waals surface area contributed by atoms with Gasteiger partial charge in [-0.15, -0.1) is 0 Å². The van der Waals surface area contributed by atoms with Crippen LogP contribution in [0.15, 0.2) is 48.0 Å². The van der Waals surface area contributed by atoms with Crippen LogP contribution in [0.4, 0.5) is 5.69 Å². The highest BCUT2D eigenvalue weighted by atomic mass is 16.6. The number of Topliss-reactive ketones (excluding diaryl/α,β-unsaturated/α-hetero) is 1. The first-order chi connectivity index (χ1) is 17.5. The summed E-state index contributed by atoms with van der Waals surface area (Å²) in [5.41, 5.74) is 2.30. The Labute approximate surface area is 211 Å². The number of nitrogens with zero attached hydrogens (tertiary/aromatic N) is 2. The standard InChI is InChI=1S/C28H32N2O6/c1-3-29(4-2)20-10-7-18(8-11-20)25-24(27(32)28(33)30(25)17-21-6-5-13-34-21)26(31)19-9-12-22-23(16-19)36-15-14-35-22/h7-12,16,21,25,31H,3-6,13-15,17H2,1-2H3/b26-24-. The predicted molar refractivity (Wildman–Crippen MR) is 135 cm³/mol. The van der Waals surface area contributed by atoms with Gasteiger partial charge in [-0.2, -0.15) is 0 Å². The topological polar surface area (TPSA) is 88.5 Å². The first kappa shape index (κ1) is 24.2. The molecule has 3 aliphatic heterocycles. The number of amides is 1. The zero-order chi connectivity index (χ0) is 25.2. The van der Waals surface area contributed by atoms with Crippen molar-refractivity contribution in [3.8, 4) is 11.5 Å². The molecule has 3 heterocycles. The van der Waals surface area contributed by atoms with Gasteiger partial charge in [-0.3, -0.25) is 9.59 Å². The van der Waals surface area contributed by atoms with Crippen LogP contribution in [-0.4, -0.2) is 67.3 Å². The van der Waals surface area contributed by atoms with E-state index in [-0.39, 0.29) is 17.4 Å². The molecule has 2 aromatic carbocycles. The molecule has 0 aliphatic carbocycles. The summed E-state index contributed by atoms with van der Waals surface area (Å²) in [6.45, 7) is 7.75. The Balaban J connectivity index is 1.57. The van der Waals surface area contributed by atoms with Crippen molar-refractivity contribution < 1.29 is 28.9 Å². The first-order valence-electron chi connectivity index (χ1n) is 12.7. The number of carbonyl (C=O) groups is 2. The molecule has 0 radical (unpaired) electrons. The number of ether oxygens (including phenoxy) is 3. The van der Waals surface area contributed by atoms with Gasteiger partial charge in [0.15, 0.2) is 11.5 Å². The highest BCUT2D eigenvalue weighted by Gasteiger charge is 2.47. The molecule has 2 unspecified atom stereocenters. The number of rotatable bonds is 7. The maximum Gasteiger partial charge on any atom is 0.295 e. The fourth-order valence-corrected chi connectivity index (χ4v) is 5.22. The largest absolute Gasteiger partial charge is 0.507 e. The molecule has 3 aliphatic rings. The van der Waals surface area contributed by atoms with Gasteiger partial charge in [0.1, 0.15) is 19.0 Å². The molecular weight excluding hydrogens is 460 g/mol. The predicted octanol–water partition coefficient (Wildman–Crippen LogP) is 3.90. The van der Waals surface area contributed by atoms with Crippen LogP contribution in [0.2, 0.25) is 0 Å². The average molecular weight is 493 g/mol. The summed E-state index contributed by atoms with van der Waals surface area (Å²) in [6.07, 6.45) is 1.63. The van der Waals surface area contributed by atoms with Crippen LogP contribution in [0, 0.1) is 0 Å². The van der Waals surface area contributed by atoms with Crippen LogP contribution in [-0.2, 0) is 14.3 Å². The second-order valence-electron chi connectivity index (χ2n) is 9.21. The number of ketones is 1. The molecule has 2 atom stereocenters. The van der Waals surface area contributed by atoms with E-state index in [9.17, 15) is 14.7 Å². The number of fused-ring (bicyclic) bond motifs is 1. The molecule has 0 bridgehead atoms. The number of likely N-dealkylation sites (tertiary alicyclic amines) is 1. The summed E-state index contributed by atoms with van der Waals surface area (Å²) in [5, 5.41) is 11.4. The van der Waals surface area contributed by atoms with Gasteiger partial charge in [-0.1, -0.05) is 12.1 Å². The second-order valence-corrected chi connectivity index (χ2v) is 9.21. The molecule has 8 heteroatoms. The summed E-state index contributed by atoms with van der Waals surface area (Å²) in [5.74, 6) is -0.460. The Hall–Kier alpha value is -3.52. The smallest absolute Gasteiger partial charge is 0.295 e. The van der Waals surface area contributed by atoms with Crippen molar-refractivity contribution in [1.82, 2.24) is 4.90 Å². The van der Waals surface area contributed by atoms with Gasteiger partial charge in [0.25, 0.3) is 11.7 Å². The quantitative estimate of drug-likeness (QED) is 0.356. The molecule has 0 spiro atoms. The van der Waals surface area contributed by atoms with Crippen molar-refractivity contribution in [2.24, 2.45) is 0 Å². The maximum absolute atomic E-state index is 13.3. The molecule has 36 heavy (non-hydrogen) atoms. The lowest BCUT2D eigenvalue weighted by Crippen LogP contribution is -2.36. The van der Waals surface area contributed by atoms with E-state index in [0.717, 1.165) is 37.2 Å². The first-order valence-corrected chi connectivity index (χ1v) is 12.7. The minimum Gasteiger partial charge on any atom is -0.507 e. The molecule has 2 saturated heterocycles. The summed E-state index contributed by atoms with van der Waals surface area (Å²) in [4.78, 5) is 30.4. The number of benzene rings is 2. The van der Waals surface area contributed by atoms with E-state index >= 15 is 0 Å². The molecule has 5 rings (SSSR count). The van der Waals surface area contributed by atoms with E-state index < -0.39 is 17.7 Å². The van der Waals surface area contributed by atoms with E-state index in [1.165, 1.54) is 0 Å². The van der Waals surface area contributed by atoms with Gasteiger partial charge in [0, 0.05) is 37.5 Å². The Bertz CT molecular complexity index is 1170. The highest BCUT2D eigenvalue weighted by molar-refractivity contribution is 6.46. The third-order valence-electron chi connectivity index (χ3n) is 7.12. The molecule has 0 aromatic heterocycles. The van der Waals surface area contributed by atoms with Crippen molar-refractivity contribution in [2.75, 3.05) is 44.4 Å². The number of hydrogen-bond donors (Lipinski definition) is 1. The lowest BCUT2D eigenvalue weighted by Gasteiger charge is -2.28. The summed E-state index contributed by atoms with van der Waals surface area (Å²) in [6, 6.07) is 12.2. The fourth-order valence-electron chi connectivity index (χ4n) is 5.22. The normalized spacial score (nSPS) is 22.8. The van der Waals surface area contributed by atoms with Crippen molar-refractivity contribution in [1.29, 1.82) is 0 Å². The van der Waals surface area contributed by atoms with Crippen LogP contribution in [0.1, 0.15) is 43.9 Å². The average Bonchev–Trinajstić information content (AvgIpc) is 3.51. The molecule has 2 fully saturated rings. The van der Waals surface area contributed by atoms with Gasteiger partial charge in [0.2, 0.25) is 0 Å². The zero-order valence-electron chi connectivity index (χ0n) is 20.7. The molecule has 8 nitrogen and oxygen atoms in total. The van der Waals surface area contributed by atoms with E-state index in [2.05, 4.69) is 18.7 Å². The van der Waals surface area contributed by atoms with Gasteiger partial charge in [-0.05, 0) is 62.6 Å². The third kappa shape index (κ3) is 4.41. The molecule has 0 saturated carbocycles. The van der Waals surface area contributed by atoms with Crippen molar-refractivity contribution in [3.63, 3.8) is 0 Å². The van der Waals surface area contributed by atoms with E-state index in [4.69, 9.17) is 14.2 Å². The Morgan fingerprint density at radius 3 is 2.39 bits per heavy atom. The van der Waals surface area contributed by atoms with Crippen LogP contribution in [0.3, 0.4) is 0 Å². The number of aliphatic hydroxyl groups excluding tert-OH is 1. The van der Waals surface area contributed by atoms with Crippen LogP contribution >= 0.6 is 0 Å². The minimum atomic E-state index is -0.715. The maximum atomic E-state index is 13.3. The lowest BCUT2D eigenvalue weighted by atomic mass is 9.94. The Morgan fingerprint density at radius 1 is 1.00 bits per heavy atom. The van der Waals surface area contributed by atoms with E-state index in [0.29, 0.717) is 43.4 Å². The van der Waals surface area contributed by atoms with Crippen molar-refractivity contribution in [3.05, 3.63) is 59.2 Å². The highest BCUT2D eigenvalue weighted by Crippen LogP contribution is 2.42. The van der Waals surface area contributed by atoms with E-state index in [1.54, 1.807) is 23.1 Å². The number of anilines is 1. The van der Waals surface area contributed by atoms with Crippen LogP contribution in [0.25, 0.3) is 5.76 Å². The van der Waals surface area contributed by atoms with Gasteiger partial charge >= 0.3 is 0 Å². The summed E-state index contributed by atoms with van der Waals surface area (Å²) >= 11 is 0. The molecule has 1 N–H and O–H groups in total. The van der Waals surface area contributed by atoms with Crippen LogP contribution in [0.5, 0.6) is 11.5 Å². The molecular formula is C28H32N2O6. The van der Waals surface area contributed by atoms with Crippen molar-refractivity contribution >= 4 is 23.1 Å². The third-order valence-corrected chi connectivity index (χ3v) is 7.12. The monoisotopic (exact) mass is 492 g/mol. The zero-order valence-corrected chi connectivity index (χ0v) is 20.7. The summed E-state index contributed by atoms with van der Waals surface area (Å²) < 4.78 is 17.0. The molecule has 2 aromatic rings. The van der Waals surface area contributed by atoms with Crippen molar-refractivity contribution in [2.45, 2.75) is 38.8 Å². The number of hydrogen-bond acceptors (Lipinski definition) is 7. The lowest BCUT2D eigenvalue weighted by molar-refractivity contribution is -0.140. The SMILES string of the molecule is CCN(CC)c1ccc(C2/C(=C(/O)c3ccc4c(c3)OCCO4)C(=O)C(=O)N2CC2CCCO2)cc1. The molecule has 190 valence electrons. The second kappa shape index (κ2) is 10.2. The van der Waals surface area contributed by atoms with Gasteiger partial charge < -0.3 is 29.1 Å². The number of aliphatic hydroxyl groups is 1. The minimum absolute atomic E-state index is 0.0743. The fraction of sp³-hybridized carbons (Fsp3) is 0.429.